The SMILES string of the molecule is C=C(CC)c1nc2ccc(C)cn2c1Cl. The highest BCUT2D eigenvalue weighted by atomic mass is 35.5. The van der Waals surface area contributed by atoms with Crippen LogP contribution in [-0.2, 0) is 0 Å². The van der Waals surface area contributed by atoms with Gasteiger partial charge in [0.2, 0.25) is 0 Å². The third-order valence-electron chi connectivity index (χ3n) is 2.47. The van der Waals surface area contributed by atoms with Gasteiger partial charge in [-0.3, -0.25) is 4.40 Å². The van der Waals surface area contributed by atoms with Crippen molar-refractivity contribution in [2.75, 3.05) is 0 Å². The molecule has 0 amide bonds. The van der Waals surface area contributed by atoms with E-state index in [1.807, 2.05) is 36.6 Å². The summed E-state index contributed by atoms with van der Waals surface area (Å²) in [6.45, 7) is 8.04. The van der Waals surface area contributed by atoms with Crippen LogP contribution in [0.2, 0.25) is 5.15 Å². The van der Waals surface area contributed by atoms with Crippen molar-refractivity contribution in [3.63, 3.8) is 0 Å². The molecular weight excluding hydrogens is 208 g/mol. The first-order chi connectivity index (χ1) is 7.13. The van der Waals surface area contributed by atoms with Crippen LogP contribution in [0.5, 0.6) is 0 Å². The van der Waals surface area contributed by atoms with Crippen molar-refractivity contribution in [3.8, 4) is 0 Å². The minimum atomic E-state index is 0.653. The molecule has 2 heterocycles. The zero-order valence-corrected chi connectivity index (χ0v) is 9.67. The molecule has 0 spiro atoms. The summed E-state index contributed by atoms with van der Waals surface area (Å²) in [5.41, 5.74) is 3.82. The number of imidazole rings is 1. The second kappa shape index (κ2) is 3.70. The molecule has 0 fully saturated rings. The van der Waals surface area contributed by atoms with Gasteiger partial charge >= 0.3 is 0 Å². The first kappa shape index (κ1) is 10.2. The van der Waals surface area contributed by atoms with E-state index in [0.29, 0.717) is 5.15 Å². The van der Waals surface area contributed by atoms with Crippen molar-refractivity contribution in [1.29, 1.82) is 0 Å². The smallest absolute Gasteiger partial charge is 0.140 e. The lowest BCUT2D eigenvalue weighted by Crippen LogP contribution is -1.85. The Kier molecular flexibility index (Phi) is 2.53. The average Bonchev–Trinajstić information content (AvgIpc) is 2.55. The zero-order chi connectivity index (χ0) is 11.0. The highest BCUT2D eigenvalue weighted by Crippen LogP contribution is 2.25. The minimum Gasteiger partial charge on any atom is -0.290 e. The van der Waals surface area contributed by atoms with Gasteiger partial charge < -0.3 is 0 Å². The quantitative estimate of drug-likeness (QED) is 0.754. The summed E-state index contributed by atoms with van der Waals surface area (Å²) < 4.78 is 1.90. The Morgan fingerprint density at radius 1 is 1.53 bits per heavy atom. The van der Waals surface area contributed by atoms with Gasteiger partial charge in [-0.15, -0.1) is 0 Å². The highest BCUT2D eigenvalue weighted by molar-refractivity contribution is 6.31. The molecule has 2 aromatic rings. The molecule has 15 heavy (non-hydrogen) atoms. The number of aromatic nitrogens is 2. The van der Waals surface area contributed by atoms with Crippen LogP contribution in [0.4, 0.5) is 0 Å². The van der Waals surface area contributed by atoms with Gasteiger partial charge in [-0.25, -0.2) is 4.98 Å². The summed E-state index contributed by atoms with van der Waals surface area (Å²) in [7, 11) is 0. The number of rotatable bonds is 2. The summed E-state index contributed by atoms with van der Waals surface area (Å²) in [6, 6.07) is 3.99. The van der Waals surface area contributed by atoms with E-state index in [1.165, 1.54) is 0 Å². The number of allylic oxidation sites excluding steroid dienone is 1. The van der Waals surface area contributed by atoms with Gasteiger partial charge in [0.05, 0.1) is 0 Å². The third kappa shape index (κ3) is 1.65. The van der Waals surface area contributed by atoms with E-state index >= 15 is 0 Å². The summed E-state index contributed by atoms with van der Waals surface area (Å²) in [6.07, 6.45) is 2.85. The van der Waals surface area contributed by atoms with E-state index in [0.717, 1.165) is 28.9 Å². The van der Waals surface area contributed by atoms with Crippen LogP contribution in [0.25, 0.3) is 11.2 Å². The van der Waals surface area contributed by atoms with Gasteiger partial charge in [-0.2, -0.15) is 0 Å². The minimum absolute atomic E-state index is 0.653. The molecule has 2 aromatic heterocycles. The molecule has 2 nitrogen and oxygen atoms in total. The van der Waals surface area contributed by atoms with E-state index in [2.05, 4.69) is 11.6 Å². The summed E-state index contributed by atoms with van der Waals surface area (Å²) >= 11 is 6.24. The van der Waals surface area contributed by atoms with Crippen molar-refractivity contribution in [3.05, 3.63) is 41.3 Å². The Hall–Kier alpha value is -1.28. The predicted molar refractivity (Wildman–Crippen MR) is 64.3 cm³/mol. The lowest BCUT2D eigenvalue weighted by Gasteiger charge is -1.98. The molecule has 0 N–H and O–H groups in total. The maximum atomic E-state index is 6.24. The molecule has 0 saturated heterocycles. The standard InChI is InChI=1S/C12H13ClN2/c1-4-9(3)11-12(13)15-7-8(2)5-6-10(15)14-11/h5-7H,3-4H2,1-2H3. The fourth-order valence-electron chi connectivity index (χ4n) is 1.51. The van der Waals surface area contributed by atoms with Crippen molar-refractivity contribution in [2.24, 2.45) is 0 Å². The molecule has 0 aliphatic heterocycles. The molecular formula is C12H13ClN2. The maximum Gasteiger partial charge on any atom is 0.140 e. The monoisotopic (exact) mass is 220 g/mol. The highest BCUT2D eigenvalue weighted by Gasteiger charge is 2.11. The number of pyridine rings is 1. The molecule has 0 radical (unpaired) electrons. The van der Waals surface area contributed by atoms with Gasteiger partial charge in [0, 0.05) is 6.20 Å². The van der Waals surface area contributed by atoms with Gasteiger partial charge in [0.25, 0.3) is 0 Å². The van der Waals surface area contributed by atoms with E-state index in [9.17, 15) is 0 Å². The number of hydrogen-bond acceptors (Lipinski definition) is 1. The molecule has 0 atom stereocenters. The Morgan fingerprint density at radius 3 is 2.93 bits per heavy atom. The van der Waals surface area contributed by atoms with E-state index in [1.54, 1.807) is 0 Å². The normalized spacial score (nSPS) is 10.9. The van der Waals surface area contributed by atoms with Gasteiger partial charge in [0.15, 0.2) is 0 Å². The fraction of sp³-hybridized carbons (Fsp3) is 0.250. The number of fused-ring (bicyclic) bond motifs is 1. The van der Waals surface area contributed by atoms with Crippen molar-refractivity contribution >= 4 is 22.8 Å². The topological polar surface area (TPSA) is 17.3 Å². The zero-order valence-electron chi connectivity index (χ0n) is 8.92. The fourth-order valence-corrected chi connectivity index (χ4v) is 1.83. The Labute approximate surface area is 94.2 Å². The Bertz CT molecular complexity index is 526. The number of hydrogen-bond donors (Lipinski definition) is 0. The Morgan fingerprint density at radius 2 is 2.27 bits per heavy atom. The predicted octanol–water partition coefficient (Wildman–Crippen LogP) is 3.72. The van der Waals surface area contributed by atoms with Gasteiger partial charge in [0.1, 0.15) is 16.5 Å². The van der Waals surface area contributed by atoms with E-state index in [-0.39, 0.29) is 0 Å². The largest absolute Gasteiger partial charge is 0.290 e. The number of nitrogens with zero attached hydrogens (tertiary/aromatic N) is 2. The van der Waals surface area contributed by atoms with E-state index in [4.69, 9.17) is 11.6 Å². The first-order valence-corrected chi connectivity index (χ1v) is 5.33. The van der Waals surface area contributed by atoms with Gasteiger partial charge in [-0.05, 0) is 30.5 Å². The van der Waals surface area contributed by atoms with Crippen LogP contribution in [0.3, 0.4) is 0 Å². The van der Waals surface area contributed by atoms with Crippen molar-refractivity contribution in [2.45, 2.75) is 20.3 Å². The van der Waals surface area contributed by atoms with Crippen molar-refractivity contribution in [1.82, 2.24) is 9.38 Å². The maximum absolute atomic E-state index is 6.24. The van der Waals surface area contributed by atoms with Gasteiger partial charge in [-0.1, -0.05) is 31.2 Å². The lowest BCUT2D eigenvalue weighted by molar-refractivity contribution is 1.15. The first-order valence-electron chi connectivity index (χ1n) is 4.96. The number of aryl methyl sites for hydroxylation is 1. The van der Waals surface area contributed by atoms with Crippen LogP contribution >= 0.6 is 11.6 Å². The van der Waals surface area contributed by atoms with Crippen molar-refractivity contribution < 1.29 is 0 Å². The summed E-state index contributed by atoms with van der Waals surface area (Å²) in [5.74, 6) is 0. The molecule has 78 valence electrons. The molecule has 2 rings (SSSR count). The molecule has 0 aromatic carbocycles. The molecule has 0 bridgehead atoms. The number of halogens is 1. The second-order valence-corrected chi connectivity index (χ2v) is 4.00. The summed E-state index contributed by atoms with van der Waals surface area (Å²) in [4.78, 5) is 4.46. The lowest BCUT2D eigenvalue weighted by atomic mass is 10.2. The Balaban J connectivity index is 2.69. The summed E-state index contributed by atoms with van der Waals surface area (Å²) in [5, 5.41) is 0.653. The second-order valence-electron chi connectivity index (χ2n) is 3.64. The average molecular weight is 221 g/mol. The van der Waals surface area contributed by atoms with Crippen LogP contribution in [0, 0.1) is 6.92 Å². The molecule has 0 aliphatic carbocycles. The van der Waals surface area contributed by atoms with Crippen LogP contribution in [0.15, 0.2) is 24.9 Å². The third-order valence-corrected chi connectivity index (χ3v) is 2.83. The molecule has 0 aliphatic rings. The molecule has 0 unspecified atom stereocenters. The molecule has 0 saturated carbocycles. The van der Waals surface area contributed by atoms with Crippen LogP contribution < -0.4 is 0 Å². The van der Waals surface area contributed by atoms with Crippen LogP contribution in [-0.4, -0.2) is 9.38 Å². The van der Waals surface area contributed by atoms with E-state index < -0.39 is 0 Å². The van der Waals surface area contributed by atoms with Crippen LogP contribution in [0.1, 0.15) is 24.6 Å². The molecule has 3 heteroatoms.